The Morgan fingerprint density at radius 3 is 2.36 bits per heavy atom. The van der Waals surface area contributed by atoms with Crippen LogP contribution in [0.4, 0.5) is 5.13 Å². The number of nitrogens with one attached hydrogen (secondary N) is 1. The van der Waals surface area contributed by atoms with Gasteiger partial charge in [-0.2, -0.15) is 0 Å². The molecule has 0 saturated heterocycles. The van der Waals surface area contributed by atoms with Crippen LogP contribution < -0.4 is 10.1 Å². The molecule has 0 saturated carbocycles. The molecule has 1 N–H and O–H groups in total. The van der Waals surface area contributed by atoms with Crippen molar-refractivity contribution in [2.45, 2.75) is 33.8 Å². The fourth-order valence-corrected chi connectivity index (χ4v) is 2.58. The van der Waals surface area contributed by atoms with Gasteiger partial charge in [-0.25, -0.2) is 4.98 Å². The number of ketones is 1. The van der Waals surface area contributed by atoms with Gasteiger partial charge in [0.1, 0.15) is 5.75 Å². The second kappa shape index (κ2) is 6.70. The minimum absolute atomic E-state index is 0.00755. The Bertz CT molecular complexity index is 672. The average molecular weight is 318 g/mol. The van der Waals surface area contributed by atoms with Gasteiger partial charge in [-0.1, -0.05) is 0 Å². The lowest BCUT2D eigenvalue weighted by Crippen LogP contribution is -2.30. The van der Waals surface area contributed by atoms with E-state index in [1.54, 1.807) is 31.2 Å². The van der Waals surface area contributed by atoms with Crippen LogP contribution in [0.2, 0.25) is 0 Å². The third-order valence-corrected chi connectivity index (χ3v) is 4.19. The van der Waals surface area contributed by atoms with Crippen LogP contribution in [0.3, 0.4) is 0 Å². The van der Waals surface area contributed by atoms with Crippen LogP contribution in [0.1, 0.15) is 34.8 Å². The van der Waals surface area contributed by atoms with E-state index in [9.17, 15) is 9.59 Å². The molecule has 22 heavy (non-hydrogen) atoms. The van der Waals surface area contributed by atoms with Gasteiger partial charge in [-0.15, -0.1) is 11.3 Å². The molecule has 5 nitrogen and oxygen atoms in total. The van der Waals surface area contributed by atoms with Gasteiger partial charge in [0.15, 0.2) is 17.0 Å². The van der Waals surface area contributed by atoms with Crippen LogP contribution in [0.5, 0.6) is 5.75 Å². The van der Waals surface area contributed by atoms with E-state index >= 15 is 0 Å². The summed E-state index contributed by atoms with van der Waals surface area (Å²) in [5.41, 5.74) is 1.52. The minimum atomic E-state index is -0.660. The SMILES string of the molecule is CC(=O)c1ccc(OC(C)C(=O)Nc2nc(C)c(C)s2)cc1. The molecule has 6 heteroatoms. The lowest BCUT2D eigenvalue weighted by molar-refractivity contribution is -0.122. The first-order valence-corrected chi connectivity index (χ1v) is 7.71. The van der Waals surface area contributed by atoms with Crippen molar-refractivity contribution in [3.63, 3.8) is 0 Å². The molecule has 2 rings (SSSR count). The fraction of sp³-hybridized carbons (Fsp3) is 0.312. The third-order valence-electron chi connectivity index (χ3n) is 3.20. The van der Waals surface area contributed by atoms with Gasteiger partial charge < -0.3 is 4.74 Å². The molecule has 116 valence electrons. The molecule has 0 radical (unpaired) electrons. The van der Waals surface area contributed by atoms with Gasteiger partial charge in [0.2, 0.25) is 0 Å². The Labute approximate surface area is 133 Å². The van der Waals surface area contributed by atoms with Crippen LogP contribution in [0, 0.1) is 13.8 Å². The fourth-order valence-electron chi connectivity index (χ4n) is 1.76. The second-order valence-corrected chi connectivity index (χ2v) is 6.19. The molecule has 0 aliphatic carbocycles. The maximum Gasteiger partial charge on any atom is 0.266 e. The molecule has 0 aliphatic heterocycles. The summed E-state index contributed by atoms with van der Waals surface area (Å²) >= 11 is 1.44. The molecule has 0 fully saturated rings. The van der Waals surface area contributed by atoms with Crippen molar-refractivity contribution >= 4 is 28.2 Å². The summed E-state index contributed by atoms with van der Waals surface area (Å²) in [6.45, 7) is 7.03. The molecule has 0 aliphatic rings. The number of nitrogens with zero attached hydrogens (tertiary/aromatic N) is 1. The Kier molecular flexibility index (Phi) is 4.92. The second-order valence-electron chi connectivity index (χ2n) is 4.99. The van der Waals surface area contributed by atoms with Crippen LogP contribution in [-0.4, -0.2) is 22.8 Å². The number of aromatic nitrogens is 1. The first-order valence-electron chi connectivity index (χ1n) is 6.89. The summed E-state index contributed by atoms with van der Waals surface area (Å²) in [5, 5.41) is 3.31. The number of carbonyl (C=O) groups is 2. The molecule has 2 aromatic rings. The molecule has 0 bridgehead atoms. The molecule has 1 unspecified atom stereocenters. The van der Waals surface area contributed by atoms with Crippen molar-refractivity contribution in [3.05, 3.63) is 40.4 Å². The Morgan fingerprint density at radius 1 is 1.23 bits per heavy atom. The van der Waals surface area contributed by atoms with Gasteiger partial charge in [-0.05, 0) is 52.0 Å². The van der Waals surface area contributed by atoms with E-state index in [-0.39, 0.29) is 11.7 Å². The van der Waals surface area contributed by atoms with E-state index in [0.29, 0.717) is 16.4 Å². The van der Waals surface area contributed by atoms with Gasteiger partial charge in [0, 0.05) is 10.4 Å². The Hall–Kier alpha value is -2.21. The number of ether oxygens (including phenoxy) is 1. The number of anilines is 1. The van der Waals surface area contributed by atoms with E-state index in [1.807, 2.05) is 13.8 Å². The number of amides is 1. The number of carbonyl (C=O) groups excluding carboxylic acids is 2. The lowest BCUT2D eigenvalue weighted by Gasteiger charge is -2.13. The third kappa shape index (κ3) is 3.92. The molecule has 0 spiro atoms. The maximum absolute atomic E-state index is 12.1. The highest BCUT2D eigenvalue weighted by Gasteiger charge is 2.17. The summed E-state index contributed by atoms with van der Waals surface area (Å²) in [6.07, 6.45) is -0.660. The smallest absolute Gasteiger partial charge is 0.266 e. The van der Waals surface area contributed by atoms with Gasteiger partial charge in [0.05, 0.1) is 5.69 Å². The van der Waals surface area contributed by atoms with E-state index in [2.05, 4.69) is 10.3 Å². The van der Waals surface area contributed by atoms with E-state index < -0.39 is 6.10 Å². The number of aryl methyl sites for hydroxylation is 2. The topological polar surface area (TPSA) is 68.3 Å². The largest absolute Gasteiger partial charge is 0.481 e. The highest BCUT2D eigenvalue weighted by atomic mass is 32.1. The first kappa shape index (κ1) is 16.2. The molecular formula is C16H18N2O3S. The van der Waals surface area contributed by atoms with E-state index in [0.717, 1.165) is 10.6 Å². The molecule has 1 atom stereocenters. The molecule has 1 aromatic heterocycles. The molecule has 1 heterocycles. The summed E-state index contributed by atoms with van der Waals surface area (Å²) < 4.78 is 5.57. The molecule has 1 amide bonds. The van der Waals surface area contributed by atoms with E-state index in [4.69, 9.17) is 4.74 Å². The average Bonchev–Trinajstić information content (AvgIpc) is 2.77. The molecular weight excluding hydrogens is 300 g/mol. The summed E-state index contributed by atoms with van der Waals surface area (Å²) in [7, 11) is 0. The van der Waals surface area contributed by atoms with Crippen molar-refractivity contribution in [1.82, 2.24) is 4.98 Å². The standard InChI is InChI=1S/C16H18N2O3S/c1-9-12(4)22-16(17-9)18-15(20)11(3)21-14-7-5-13(6-8-14)10(2)19/h5-8,11H,1-4H3,(H,17,18,20). The highest BCUT2D eigenvalue weighted by molar-refractivity contribution is 7.15. The quantitative estimate of drug-likeness (QED) is 0.858. The zero-order valence-electron chi connectivity index (χ0n) is 13.0. The van der Waals surface area contributed by atoms with Crippen molar-refractivity contribution < 1.29 is 14.3 Å². The first-order chi connectivity index (χ1) is 10.4. The summed E-state index contributed by atoms with van der Waals surface area (Å²) in [4.78, 5) is 28.6. The van der Waals surface area contributed by atoms with Gasteiger partial charge in [-0.3, -0.25) is 14.9 Å². The highest BCUT2D eigenvalue weighted by Crippen LogP contribution is 2.21. The lowest BCUT2D eigenvalue weighted by atomic mass is 10.1. The number of benzene rings is 1. The van der Waals surface area contributed by atoms with Crippen LogP contribution in [0.15, 0.2) is 24.3 Å². The van der Waals surface area contributed by atoms with Crippen molar-refractivity contribution in [2.75, 3.05) is 5.32 Å². The maximum atomic E-state index is 12.1. The van der Waals surface area contributed by atoms with Crippen molar-refractivity contribution in [2.24, 2.45) is 0 Å². The normalized spacial score (nSPS) is 11.8. The number of hydrogen-bond acceptors (Lipinski definition) is 5. The molecule has 1 aromatic carbocycles. The zero-order chi connectivity index (χ0) is 16.3. The van der Waals surface area contributed by atoms with Crippen LogP contribution in [-0.2, 0) is 4.79 Å². The summed E-state index contributed by atoms with van der Waals surface area (Å²) in [6, 6.07) is 6.71. The number of thiazole rings is 1. The zero-order valence-corrected chi connectivity index (χ0v) is 13.8. The predicted molar refractivity (Wildman–Crippen MR) is 86.8 cm³/mol. The monoisotopic (exact) mass is 318 g/mol. The van der Waals surface area contributed by atoms with Crippen LogP contribution >= 0.6 is 11.3 Å². The Morgan fingerprint density at radius 2 is 1.86 bits per heavy atom. The van der Waals surface area contributed by atoms with Gasteiger partial charge in [0.25, 0.3) is 5.91 Å². The van der Waals surface area contributed by atoms with E-state index in [1.165, 1.54) is 18.3 Å². The number of Topliss-reactive ketones (excluding diaryl/α,β-unsaturated/α-hetero) is 1. The van der Waals surface area contributed by atoms with Crippen LogP contribution in [0.25, 0.3) is 0 Å². The summed E-state index contributed by atoms with van der Waals surface area (Å²) in [5.74, 6) is 0.274. The van der Waals surface area contributed by atoms with Crippen molar-refractivity contribution in [1.29, 1.82) is 0 Å². The predicted octanol–water partition coefficient (Wildman–Crippen LogP) is 3.37. The number of rotatable bonds is 5. The number of hydrogen-bond donors (Lipinski definition) is 1. The Balaban J connectivity index is 1.97. The van der Waals surface area contributed by atoms with Crippen molar-refractivity contribution in [3.8, 4) is 5.75 Å². The van der Waals surface area contributed by atoms with Gasteiger partial charge >= 0.3 is 0 Å². The minimum Gasteiger partial charge on any atom is -0.481 e.